The average Bonchev–Trinajstić information content (AvgIpc) is 3.28. The van der Waals surface area contributed by atoms with E-state index in [0.717, 1.165) is 46.8 Å². The maximum Gasteiger partial charge on any atom is 0.256 e. The summed E-state index contributed by atoms with van der Waals surface area (Å²) in [6, 6.07) is 9.23. The molecular weight excluding hydrogens is 360 g/mol. The number of rotatable bonds is 4. The first-order valence-electron chi connectivity index (χ1n) is 8.83. The summed E-state index contributed by atoms with van der Waals surface area (Å²) >= 11 is 1.46. The Labute approximate surface area is 161 Å². The fourth-order valence-corrected chi connectivity index (χ4v) is 4.86. The minimum Gasteiger partial charge on any atom is -0.365 e. The summed E-state index contributed by atoms with van der Waals surface area (Å²) in [5.74, 6) is -0.734. The monoisotopic (exact) mass is 380 g/mol. The van der Waals surface area contributed by atoms with Crippen molar-refractivity contribution in [1.29, 1.82) is 0 Å². The first kappa shape index (κ1) is 17.5. The number of aryl methyl sites for hydroxylation is 3. The number of hydrogen-bond acceptors (Lipinski definition) is 4. The number of carbonyl (C=O) groups is 2. The first-order chi connectivity index (χ1) is 12.9. The van der Waals surface area contributed by atoms with Crippen molar-refractivity contribution in [3.8, 4) is 5.69 Å². The van der Waals surface area contributed by atoms with Gasteiger partial charge >= 0.3 is 0 Å². The predicted octanol–water partition coefficient (Wildman–Crippen LogP) is 3.39. The smallest absolute Gasteiger partial charge is 0.256 e. The number of fused-ring (bicyclic) bond motifs is 1. The molecule has 2 amide bonds. The van der Waals surface area contributed by atoms with Gasteiger partial charge in [-0.3, -0.25) is 9.59 Å². The molecule has 2 aromatic heterocycles. The molecule has 6 nitrogen and oxygen atoms in total. The van der Waals surface area contributed by atoms with Crippen LogP contribution in [0.5, 0.6) is 0 Å². The largest absolute Gasteiger partial charge is 0.365 e. The molecule has 0 saturated carbocycles. The van der Waals surface area contributed by atoms with Crippen molar-refractivity contribution in [1.82, 2.24) is 9.78 Å². The van der Waals surface area contributed by atoms with Crippen LogP contribution < -0.4 is 11.1 Å². The summed E-state index contributed by atoms with van der Waals surface area (Å²) in [7, 11) is 0. The number of carbonyl (C=O) groups excluding carboxylic acids is 2. The molecule has 0 saturated heterocycles. The van der Waals surface area contributed by atoms with Crippen LogP contribution in [-0.2, 0) is 12.8 Å². The minimum absolute atomic E-state index is 0.252. The summed E-state index contributed by atoms with van der Waals surface area (Å²) in [5, 5.41) is 7.87. The SMILES string of the molecule is Cc1cc(C)n(-c2ccc(C(=O)Nc3sc4c(c3C(N)=O)CCC4)cc2)n1. The van der Waals surface area contributed by atoms with Crippen LogP contribution >= 0.6 is 11.3 Å². The van der Waals surface area contributed by atoms with E-state index in [9.17, 15) is 9.59 Å². The van der Waals surface area contributed by atoms with E-state index < -0.39 is 5.91 Å². The van der Waals surface area contributed by atoms with Gasteiger partial charge in [-0.1, -0.05) is 0 Å². The van der Waals surface area contributed by atoms with Crippen LogP contribution in [0.15, 0.2) is 30.3 Å². The molecule has 0 unspecified atom stereocenters. The van der Waals surface area contributed by atoms with E-state index in [1.165, 1.54) is 11.3 Å². The minimum atomic E-state index is -0.482. The lowest BCUT2D eigenvalue weighted by atomic mass is 10.1. The second-order valence-corrected chi connectivity index (χ2v) is 7.87. The van der Waals surface area contributed by atoms with Crippen LogP contribution in [0, 0.1) is 13.8 Å². The Morgan fingerprint density at radius 1 is 1.19 bits per heavy atom. The van der Waals surface area contributed by atoms with E-state index in [1.807, 2.05) is 36.7 Å². The molecule has 27 heavy (non-hydrogen) atoms. The van der Waals surface area contributed by atoms with Gasteiger partial charge in [-0.05, 0) is 69.0 Å². The van der Waals surface area contributed by atoms with Crippen molar-refractivity contribution < 1.29 is 9.59 Å². The summed E-state index contributed by atoms with van der Waals surface area (Å²) in [6.07, 6.45) is 2.81. The molecule has 0 aliphatic heterocycles. The zero-order chi connectivity index (χ0) is 19.1. The fourth-order valence-electron chi connectivity index (χ4n) is 3.57. The molecule has 1 aliphatic rings. The van der Waals surface area contributed by atoms with Gasteiger partial charge in [-0.2, -0.15) is 5.10 Å². The zero-order valence-electron chi connectivity index (χ0n) is 15.2. The summed E-state index contributed by atoms with van der Waals surface area (Å²) in [6.45, 7) is 3.93. The maximum atomic E-state index is 12.7. The number of hydrogen-bond donors (Lipinski definition) is 2. The van der Waals surface area contributed by atoms with E-state index in [1.54, 1.807) is 12.1 Å². The lowest BCUT2D eigenvalue weighted by Crippen LogP contribution is -2.17. The highest BCUT2D eigenvalue weighted by Crippen LogP contribution is 2.39. The number of anilines is 1. The van der Waals surface area contributed by atoms with E-state index in [0.29, 0.717) is 16.1 Å². The van der Waals surface area contributed by atoms with Crippen molar-refractivity contribution in [3.05, 3.63) is 63.3 Å². The predicted molar refractivity (Wildman–Crippen MR) is 106 cm³/mol. The Balaban J connectivity index is 1.58. The number of benzene rings is 1. The number of amides is 2. The van der Waals surface area contributed by atoms with Crippen molar-refractivity contribution in [2.75, 3.05) is 5.32 Å². The van der Waals surface area contributed by atoms with Crippen molar-refractivity contribution in [2.24, 2.45) is 5.73 Å². The van der Waals surface area contributed by atoms with Gasteiger partial charge in [0.25, 0.3) is 11.8 Å². The van der Waals surface area contributed by atoms with Crippen LogP contribution in [0.2, 0.25) is 0 Å². The van der Waals surface area contributed by atoms with Crippen LogP contribution in [0.1, 0.15) is 49.0 Å². The Hall–Kier alpha value is -2.93. The normalized spacial score (nSPS) is 12.8. The van der Waals surface area contributed by atoms with Crippen LogP contribution in [0.4, 0.5) is 5.00 Å². The van der Waals surface area contributed by atoms with E-state index in [4.69, 9.17) is 5.73 Å². The first-order valence-corrected chi connectivity index (χ1v) is 9.65. The third kappa shape index (κ3) is 3.14. The maximum absolute atomic E-state index is 12.7. The van der Waals surface area contributed by atoms with Gasteiger partial charge in [-0.15, -0.1) is 11.3 Å². The molecule has 0 fully saturated rings. The Bertz CT molecular complexity index is 1050. The third-order valence-corrected chi connectivity index (χ3v) is 5.99. The molecule has 3 N–H and O–H groups in total. The third-order valence-electron chi connectivity index (χ3n) is 4.78. The van der Waals surface area contributed by atoms with Gasteiger partial charge in [0.05, 0.1) is 16.9 Å². The molecule has 0 radical (unpaired) electrons. The van der Waals surface area contributed by atoms with Crippen molar-refractivity contribution >= 4 is 28.2 Å². The quantitative estimate of drug-likeness (QED) is 0.727. The van der Waals surface area contributed by atoms with Crippen LogP contribution in [0.25, 0.3) is 5.69 Å². The van der Waals surface area contributed by atoms with Gasteiger partial charge in [0, 0.05) is 16.1 Å². The molecule has 1 aliphatic carbocycles. The van der Waals surface area contributed by atoms with Gasteiger partial charge < -0.3 is 11.1 Å². The number of aromatic nitrogens is 2. The fraction of sp³-hybridized carbons (Fsp3) is 0.250. The molecular formula is C20H20N4O2S. The second-order valence-electron chi connectivity index (χ2n) is 6.77. The van der Waals surface area contributed by atoms with E-state index >= 15 is 0 Å². The molecule has 4 rings (SSSR count). The standard InChI is InChI=1S/C20H20N4O2S/c1-11-10-12(2)24(23-11)14-8-6-13(7-9-14)19(26)22-20-17(18(21)25)15-4-3-5-16(15)27-20/h6-10H,3-5H2,1-2H3,(H2,21,25)(H,22,26). The van der Waals surface area contributed by atoms with Crippen molar-refractivity contribution in [2.45, 2.75) is 33.1 Å². The summed E-state index contributed by atoms with van der Waals surface area (Å²) < 4.78 is 1.84. The highest BCUT2D eigenvalue weighted by molar-refractivity contribution is 7.17. The topological polar surface area (TPSA) is 90.0 Å². The highest BCUT2D eigenvalue weighted by Gasteiger charge is 2.26. The van der Waals surface area contributed by atoms with Gasteiger partial charge in [-0.25, -0.2) is 4.68 Å². The van der Waals surface area contributed by atoms with Crippen LogP contribution in [-0.4, -0.2) is 21.6 Å². The van der Waals surface area contributed by atoms with Crippen molar-refractivity contribution in [3.63, 3.8) is 0 Å². The number of nitrogens with two attached hydrogens (primary N) is 1. The summed E-state index contributed by atoms with van der Waals surface area (Å²) in [4.78, 5) is 25.7. The Morgan fingerprint density at radius 3 is 2.56 bits per heavy atom. The van der Waals surface area contributed by atoms with Gasteiger partial charge in [0.1, 0.15) is 5.00 Å². The molecule has 0 atom stereocenters. The average molecular weight is 380 g/mol. The lowest BCUT2D eigenvalue weighted by Gasteiger charge is -2.08. The number of nitrogens with zero attached hydrogens (tertiary/aromatic N) is 2. The molecule has 3 aromatic rings. The van der Waals surface area contributed by atoms with Gasteiger partial charge in [0.15, 0.2) is 0 Å². The van der Waals surface area contributed by atoms with E-state index in [2.05, 4.69) is 10.4 Å². The molecule has 0 bridgehead atoms. The van der Waals surface area contributed by atoms with Crippen LogP contribution in [0.3, 0.4) is 0 Å². The zero-order valence-corrected chi connectivity index (χ0v) is 16.0. The Kier molecular flexibility index (Phi) is 4.31. The molecule has 138 valence electrons. The number of nitrogens with one attached hydrogen (secondary N) is 1. The summed E-state index contributed by atoms with van der Waals surface area (Å²) in [5.41, 5.74) is 10.4. The second kappa shape index (κ2) is 6.66. The Morgan fingerprint density at radius 2 is 1.93 bits per heavy atom. The molecule has 1 aromatic carbocycles. The molecule has 0 spiro atoms. The lowest BCUT2D eigenvalue weighted by molar-refractivity contribution is 0.100. The van der Waals surface area contributed by atoms with E-state index in [-0.39, 0.29) is 5.91 Å². The highest BCUT2D eigenvalue weighted by atomic mass is 32.1. The van der Waals surface area contributed by atoms with Gasteiger partial charge in [0.2, 0.25) is 0 Å². The number of primary amides is 1. The number of thiophene rings is 1. The molecule has 7 heteroatoms. The molecule has 2 heterocycles.